The molecule has 2 rings (SSSR count). The van der Waals surface area contributed by atoms with Crippen molar-refractivity contribution in [3.05, 3.63) is 34.9 Å². The van der Waals surface area contributed by atoms with Crippen LogP contribution >= 0.6 is 11.6 Å². The lowest BCUT2D eigenvalue weighted by Crippen LogP contribution is -2.53. The van der Waals surface area contributed by atoms with Gasteiger partial charge in [-0.25, -0.2) is 0 Å². The molecule has 1 atom stereocenters. The van der Waals surface area contributed by atoms with E-state index in [4.69, 9.17) is 16.3 Å². The molecule has 1 aliphatic rings. The first-order valence-corrected chi connectivity index (χ1v) is 8.92. The molecule has 0 radical (unpaired) electrons. The standard InChI is InChI=1S/C14H22ClN3O3S/c1-17(8-9-21-2)22(19,20)18-7-6-16-11-14(18)12-4-3-5-13(15)10-12/h3-5,10,14,16H,6-9,11H2,1-2H3. The smallest absolute Gasteiger partial charge is 0.282 e. The maximum absolute atomic E-state index is 12.8. The topological polar surface area (TPSA) is 61.9 Å². The van der Waals surface area contributed by atoms with Crippen LogP contribution in [0.25, 0.3) is 0 Å². The molecule has 1 aliphatic heterocycles. The van der Waals surface area contributed by atoms with Crippen LogP contribution in [0.2, 0.25) is 5.02 Å². The van der Waals surface area contributed by atoms with Gasteiger partial charge in [0.2, 0.25) is 0 Å². The number of ether oxygens (including phenoxy) is 1. The highest BCUT2D eigenvalue weighted by molar-refractivity contribution is 7.86. The van der Waals surface area contributed by atoms with Gasteiger partial charge in [0.15, 0.2) is 0 Å². The monoisotopic (exact) mass is 347 g/mol. The number of halogens is 1. The van der Waals surface area contributed by atoms with E-state index < -0.39 is 10.2 Å². The summed E-state index contributed by atoms with van der Waals surface area (Å²) in [5.74, 6) is 0. The number of piperazine rings is 1. The average Bonchev–Trinajstić information content (AvgIpc) is 2.52. The first-order valence-electron chi connectivity index (χ1n) is 7.15. The lowest BCUT2D eigenvalue weighted by atomic mass is 10.1. The molecule has 124 valence electrons. The van der Waals surface area contributed by atoms with Crippen molar-refractivity contribution in [1.29, 1.82) is 0 Å². The molecule has 1 fully saturated rings. The van der Waals surface area contributed by atoms with Gasteiger partial charge < -0.3 is 10.1 Å². The second-order valence-electron chi connectivity index (χ2n) is 5.21. The first-order chi connectivity index (χ1) is 10.5. The Labute approximate surface area is 137 Å². The predicted octanol–water partition coefficient (Wildman–Crippen LogP) is 1.11. The largest absolute Gasteiger partial charge is 0.383 e. The average molecular weight is 348 g/mol. The normalized spacial score (nSPS) is 20.5. The molecule has 1 aromatic rings. The Bertz CT molecular complexity index is 597. The zero-order valence-corrected chi connectivity index (χ0v) is 14.4. The number of nitrogens with one attached hydrogen (secondary N) is 1. The molecular weight excluding hydrogens is 326 g/mol. The van der Waals surface area contributed by atoms with Crippen molar-refractivity contribution < 1.29 is 13.2 Å². The summed E-state index contributed by atoms with van der Waals surface area (Å²) in [7, 11) is -0.410. The SMILES string of the molecule is COCCN(C)S(=O)(=O)N1CCNCC1c1cccc(Cl)c1. The van der Waals surface area contributed by atoms with E-state index in [1.165, 1.54) is 8.61 Å². The number of hydrogen-bond donors (Lipinski definition) is 1. The summed E-state index contributed by atoms with van der Waals surface area (Å²) in [5.41, 5.74) is 0.892. The minimum absolute atomic E-state index is 0.262. The molecule has 1 saturated heterocycles. The maximum atomic E-state index is 12.8. The van der Waals surface area contributed by atoms with Crippen molar-refractivity contribution in [2.45, 2.75) is 6.04 Å². The summed E-state index contributed by atoms with van der Waals surface area (Å²) in [4.78, 5) is 0. The minimum Gasteiger partial charge on any atom is -0.383 e. The molecule has 0 amide bonds. The number of benzene rings is 1. The van der Waals surface area contributed by atoms with Gasteiger partial charge in [-0.05, 0) is 17.7 Å². The highest BCUT2D eigenvalue weighted by atomic mass is 35.5. The fraction of sp³-hybridized carbons (Fsp3) is 0.571. The second kappa shape index (κ2) is 7.72. The molecule has 8 heteroatoms. The number of hydrogen-bond acceptors (Lipinski definition) is 4. The van der Waals surface area contributed by atoms with Crippen molar-refractivity contribution in [3.63, 3.8) is 0 Å². The number of rotatable bonds is 6. The third kappa shape index (κ3) is 3.98. The van der Waals surface area contributed by atoms with Crippen LogP contribution in [0, 0.1) is 0 Å². The van der Waals surface area contributed by atoms with Crippen LogP contribution in [-0.4, -0.2) is 64.0 Å². The van der Waals surface area contributed by atoms with Gasteiger partial charge in [-0.2, -0.15) is 17.0 Å². The molecule has 0 spiro atoms. The summed E-state index contributed by atoms with van der Waals surface area (Å²) in [5, 5.41) is 3.85. The molecule has 6 nitrogen and oxygen atoms in total. The lowest BCUT2D eigenvalue weighted by Gasteiger charge is -2.37. The summed E-state index contributed by atoms with van der Waals surface area (Å²) in [6.45, 7) is 2.32. The van der Waals surface area contributed by atoms with Crippen molar-refractivity contribution in [2.24, 2.45) is 0 Å². The van der Waals surface area contributed by atoms with Crippen LogP contribution < -0.4 is 5.32 Å². The highest BCUT2D eigenvalue weighted by Crippen LogP contribution is 2.27. The van der Waals surface area contributed by atoms with E-state index >= 15 is 0 Å². The number of methoxy groups -OCH3 is 1. The van der Waals surface area contributed by atoms with Gasteiger partial charge in [0.25, 0.3) is 10.2 Å². The van der Waals surface area contributed by atoms with Crippen molar-refractivity contribution >= 4 is 21.8 Å². The van der Waals surface area contributed by atoms with Gasteiger partial charge in [-0.3, -0.25) is 0 Å². The Kier molecular flexibility index (Phi) is 6.19. The van der Waals surface area contributed by atoms with Gasteiger partial charge >= 0.3 is 0 Å². The quantitative estimate of drug-likeness (QED) is 0.837. The molecule has 0 saturated carbocycles. The molecule has 0 aromatic heterocycles. The number of likely N-dealkylation sites (N-methyl/N-ethyl adjacent to an activating group) is 1. The third-order valence-corrected chi connectivity index (χ3v) is 5.96. The van der Waals surface area contributed by atoms with Gasteiger partial charge in [0, 0.05) is 45.4 Å². The fourth-order valence-electron chi connectivity index (χ4n) is 2.47. The van der Waals surface area contributed by atoms with Crippen molar-refractivity contribution in [1.82, 2.24) is 13.9 Å². The Morgan fingerprint density at radius 3 is 2.95 bits per heavy atom. The molecule has 1 unspecified atom stereocenters. The number of nitrogens with zero attached hydrogens (tertiary/aromatic N) is 2. The summed E-state index contributed by atoms with van der Waals surface area (Å²) in [6, 6.07) is 7.08. The van der Waals surface area contributed by atoms with Gasteiger partial charge in [0.1, 0.15) is 0 Å². The van der Waals surface area contributed by atoms with Gasteiger partial charge in [-0.1, -0.05) is 23.7 Å². The zero-order valence-electron chi connectivity index (χ0n) is 12.8. The van der Waals surface area contributed by atoms with E-state index in [0.29, 0.717) is 37.8 Å². The van der Waals surface area contributed by atoms with Crippen LogP contribution in [0.3, 0.4) is 0 Å². The fourth-order valence-corrected chi connectivity index (χ4v) is 4.18. The maximum Gasteiger partial charge on any atom is 0.282 e. The molecule has 1 aromatic carbocycles. The zero-order chi connectivity index (χ0) is 16.2. The first kappa shape index (κ1) is 17.7. The summed E-state index contributed by atoms with van der Waals surface area (Å²) >= 11 is 6.04. The van der Waals surface area contributed by atoms with E-state index in [1.807, 2.05) is 18.2 Å². The highest BCUT2D eigenvalue weighted by Gasteiger charge is 2.35. The molecule has 0 bridgehead atoms. The van der Waals surface area contributed by atoms with Crippen LogP contribution in [0.15, 0.2) is 24.3 Å². The van der Waals surface area contributed by atoms with Crippen LogP contribution in [0.1, 0.15) is 11.6 Å². The van der Waals surface area contributed by atoms with E-state index in [-0.39, 0.29) is 6.04 Å². The molecule has 1 heterocycles. The molecule has 22 heavy (non-hydrogen) atoms. The van der Waals surface area contributed by atoms with Gasteiger partial charge in [-0.15, -0.1) is 0 Å². The molecular formula is C14H22ClN3O3S. The second-order valence-corrected chi connectivity index (χ2v) is 7.63. The van der Waals surface area contributed by atoms with Gasteiger partial charge in [0.05, 0.1) is 12.6 Å². The van der Waals surface area contributed by atoms with E-state index in [0.717, 1.165) is 5.56 Å². The van der Waals surface area contributed by atoms with Crippen molar-refractivity contribution in [3.8, 4) is 0 Å². The van der Waals surface area contributed by atoms with Crippen LogP contribution in [-0.2, 0) is 14.9 Å². The summed E-state index contributed by atoms with van der Waals surface area (Å²) < 4.78 is 33.4. The van der Waals surface area contributed by atoms with Crippen molar-refractivity contribution in [2.75, 3.05) is 46.9 Å². The van der Waals surface area contributed by atoms with Crippen LogP contribution in [0.5, 0.6) is 0 Å². The Balaban J connectivity index is 2.26. The molecule has 0 aliphatic carbocycles. The molecule has 1 N–H and O–H groups in total. The summed E-state index contributed by atoms with van der Waals surface area (Å²) in [6.07, 6.45) is 0. The Morgan fingerprint density at radius 1 is 1.50 bits per heavy atom. The van der Waals surface area contributed by atoms with Crippen LogP contribution in [0.4, 0.5) is 0 Å². The van der Waals surface area contributed by atoms with E-state index in [1.54, 1.807) is 20.2 Å². The third-order valence-electron chi connectivity index (χ3n) is 3.73. The predicted molar refractivity (Wildman–Crippen MR) is 87.2 cm³/mol. The Hall–Kier alpha value is -0.700. The Morgan fingerprint density at radius 2 is 2.27 bits per heavy atom. The van der Waals surface area contributed by atoms with E-state index in [2.05, 4.69) is 5.32 Å². The lowest BCUT2D eigenvalue weighted by molar-refractivity contribution is 0.178. The minimum atomic E-state index is -3.54. The van der Waals surface area contributed by atoms with E-state index in [9.17, 15) is 8.42 Å².